The molecule has 0 amide bonds. The predicted octanol–water partition coefficient (Wildman–Crippen LogP) is 1.98. The number of carbonyl (C=O) groups is 1. The van der Waals surface area contributed by atoms with Crippen molar-refractivity contribution in [3.8, 4) is 0 Å². The van der Waals surface area contributed by atoms with Gasteiger partial charge < -0.3 is 0 Å². The van der Waals surface area contributed by atoms with E-state index in [0.717, 1.165) is 13.0 Å². The topological polar surface area (TPSA) is 20.3 Å². The van der Waals surface area contributed by atoms with Gasteiger partial charge in [-0.05, 0) is 32.5 Å². The number of benzene rings is 1. The van der Waals surface area contributed by atoms with Crippen molar-refractivity contribution in [1.82, 2.24) is 4.90 Å². The molecule has 0 spiro atoms. The molecule has 0 N–H and O–H groups in total. The Labute approximate surface area is 90.9 Å². The Morgan fingerprint density at radius 1 is 1.27 bits per heavy atom. The quantitative estimate of drug-likeness (QED) is 0.695. The zero-order valence-corrected chi connectivity index (χ0v) is 9.36. The van der Waals surface area contributed by atoms with Crippen LogP contribution < -0.4 is 0 Å². The molecule has 1 saturated heterocycles. The summed E-state index contributed by atoms with van der Waals surface area (Å²) in [6, 6.07) is 8.34. The number of piperidine rings is 1. The van der Waals surface area contributed by atoms with Gasteiger partial charge in [-0.15, -0.1) is 0 Å². The van der Waals surface area contributed by atoms with Crippen LogP contribution in [-0.4, -0.2) is 30.8 Å². The van der Waals surface area contributed by atoms with Gasteiger partial charge in [0, 0.05) is 5.92 Å². The fraction of sp³-hybridized carbons (Fsp3) is 0.462. The van der Waals surface area contributed by atoms with Gasteiger partial charge in [0.25, 0.3) is 0 Å². The van der Waals surface area contributed by atoms with E-state index in [4.69, 9.17) is 0 Å². The molecule has 0 aromatic heterocycles. The van der Waals surface area contributed by atoms with Crippen LogP contribution in [0.1, 0.15) is 23.5 Å². The maximum atomic E-state index is 11.8. The molecule has 0 saturated carbocycles. The highest BCUT2D eigenvalue weighted by Crippen LogP contribution is 2.24. The van der Waals surface area contributed by atoms with Crippen molar-refractivity contribution >= 4 is 5.78 Å². The van der Waals surface area contributed by atoms with E-state index < -0.39 is 0 Å². The Bertz CT molecular complexity index is 355. The largest absolute Gasteiger partial charge is 0.299 e. The number of nitrogens with zero attached hydrogens (tertiary/aromatic N) is 1. The van der Waals surface area contributed by atoms with E-state index in [-0.39, 0.29) is 5.92 Å². The van der Waals surface area contributed by atoms with Crippen LogP contribution in [0.5, 0.6) is 0 Å². The van der Waals surface area contributed by atoms with Crippen LogP contribution >= 0.6 is 0 Å². The second kappa shape index (κ2) is 4.15. The van der Waals surface area contributed by atoms with Crippen molar-refractivity contribution in [2.24, 2.45) is 0 Å². The number of ketones is 1. The Balaban J connectivity index is 2.17. The normalized spacial score (nSPS) is 23.1. The number of rotatable bonds is 1. The van der Waals surface area contributed by atoms with E-state index in [1.807, 2.05) is 7.05 Å². The van der Waals surface area contributed by atoms with Gasteiger partial charge in [-0.1, -0.05) is 29.8 Å². The number of Topliss-reactive ketones (excluding diaryl/α,β-unsaturated/α-hetero) is 1. The third-order valence-electron chi connectivity index (χ3n) is 3.09. The molecule has 2 heteroatoms. The summed E-state index contributed by atoms with van der Waals surface area (Å²) in [4.78, 5) is 13.9. The van der Waals surface area contributed by atoms with Gasteiger partial charge >= 0.3 is 0 Å². The highest BCUT2D eigenvalue weighted by molar-refractivity contribution is 5.88. The minimum absolute atomic E-state index is 0.127. The van der Waals surface area contributed by atoms with Crippen LogP contribution in [0.2, 0.25) is 0 Å². The summed E-state index contributed by atoms with van der Waals surface area (Å²) < 4.78 is 0. The fourth-order valence-corrected chi connectivity index (χ4v) is 2.12. The van der Waals surface area contributed by atoms with Crippen molar-refractivity contribution in [1.29, 1.82) is 0 Å². The number of likely N-dealkylation sites (tertiary alicyclic amines) is 1. The maximum absolute atomic E-state index is 11.8. The van der Waals surface area contributed by atoms with Gasteiger partial charge in [-0.2, -0.15) is 0 Å². The van der Waals surface area contributed by atoms with Crippen molar-refractivity contribution in [3.63, 3.8) is 0 Å². The van der Waals surface area contributed by atoms with Crippen molar-refractivity contribution in [3.05, 3.63) is 35.4 Å². The summed E-state index contributed by atoms with van der Waals surface area (Å²) in [6.45, 7) is 3.68. The summed E-state index contributed by atoms with van der Waals surface area (Å²) in [5, 5.41) is 0. The second-order valence-electron chi connectivity index (χ2n) is 4.46. The van der Waals surface area contributed by atoms with Crippen LogP contribution in [0.3, 0.4) is 0 Å². The first-order chi connectivity index (χ1) is 7.16. The maximum Gasteiger partial charge on any atom is 0.154 e. The first-order valence-corrected chi connectivity index (χ1v) is 5.44. The third kappa shape index (κ3) is 2.26. The van der Waals surface area contributed by atoms with Gasteiger partial charge in [-0.25, -0.2) is 0 Å². The Morgan fingerprint density at radius 2 is 1.93 bits per heavy atom. The molecule has 2 nitrogen and oxygen atoms in total. The highest BCUT2D eigenvalue weighted by Gasteiger charge is 2.26. The second-order valence-corrected chi connectivity index (χ2v) is 4.46. The molecule has 1 fully saturated rings. The van der Waals surface area contributed by atoms with Crippen molar-refractivity contribution in [2.75, 3.05) is 20.1 Å². The molecular weight excluding hydrogens is 186 g/mol. The van der Waals surface area contributed by atoms with Gasteiger partial charge in [0.1, 0.15) is 0 Å². The molecular formula is C13H17NO. The number of likely N-dealkylation sites (N-methyl/N-ethyl adjacent to an activating group) is 1. The van der Waals surface area contributed by atoms with Gasteiger partial charge in [0.05, 0.1) is 6.54 Å². The third-order valence-corrected chi connectivity index (χ3v) is 3.09. The lowest BCUT2D eigenvalue weighted by Crippen LogP contribution is -2.37. The first-order valence-electron chi connectivity index (χ1n) is 5.44. The van der Waals surface area contributed by atoms with Crippen LogP contribution in [-0.2, 0) is 4.79 Å². The first kappa shape index (κ1) is 10.4. The number of carbonyl (C=O) groups excluding carboxylic acids is 1. The lowest BCUT2D eigenvalue weighted by atomic mass is 9.88. The zero-order chi connectivity index (χ0) is 10.8. The standard InChI is InChI=1S/C13H17NO/c1-10-3-5-11(6-4-10)12-7-8-14(2)9-13(12)15/h3-6,12H,7-9H2,1-2H3. The van der Waals surface area contributed by atoms with Gasteiger partial charge in [0.2, 0.25) is 0 Å². The molecule has 1 aliphatic rings. The van der Waals surface area contributed by atoms with Crippen molar-refractivity contribution in [2.45, 2.75) is 19.3 Å². The Kier molecular flexibility index (Phi) is 2.87. The minimum Gasteiger partial charge on any atom is -0.299 e. The number of hydrogen-bond acceptors (Lipinski definition) is 2. The average Bonchev–Trinajstić information content (AvgIpc) is 2.20. The minimum atomic E-state index is 0.127. The smallest absolute Gasteiger partial charge is 0.154 e. The van der Waals surface area contributed by atoms with Crippen LogP contribution in [0.15, 0.2) is 24.3 Å². The monoisotopic (exact) mass is 203 g/mol. The van der Waals surface area contributed by atoms with E-state index in [1.165, 1.54) is 11.1 Å². The molecule has 1 aromatic carbocycles. The average molecular weight is 203 g/mol. The molecule has 1 aliphatic heterocycles. The van der Waals surface area contributed by atoms with E-state index in [1.54, 1.807) is 0 Å². The molecule has 1 aromatic rings. The lowest BCUT2D eigenvalue weighted by Gasteiger charge is -2.27. The zero-order valence-electron chi connectivity index (χ0n) is 9.36. The lowest BCUT2D eigenvalue weighted by molar-refractivity contribution is -0.123. The fourth-order valence-electron chi connectivity index (χ4n) is 2.12. The van der Waals surface area contributed by atoms with Crippen LogP contribution in [0.25, 0.3) is 0 Å². The van der Waals surface area contributed by atoms with E-state index in [0.29, 0.717) is 12.3 Å². The van der Waals surface area contributed by atoms with E-state index in [9.17, 15) is 4.79 Å². The Morgan fingerprint density at radius 3 is 2.53 bits per heavy atom. The molecule has 0 bridgehead atoms. The molecule has 80 valence electrons. The van der Waals surface area contributed by atoms with Crippen molar-refractivity contribution < 1.29 is 4.79 Å². The summed E-state index contributed by atoms with van der Waals surface area (Å²) in [5.74, 6) is 0.481. The highest BCUT2D eigenvalue weighted by atomic mass is 16.1. The van der Waals surface area contributed by atoms with E-state index >= 15 is 0 Å². The summed E-state index contributed by atoms with van der Waals surface area (Å²) in [7, 11) is 2.00. The van der Waals surface area contributed by atoms with Crippen LogP contribution in [0.4, 0.5) is 0 Å². The molecule has 1 heterocycles. The van der Waals surface area contributed by atoms with E-state index in [2.05, 4.69) is 36.1 Å². The number of aryl methyl sites for hydroxylation is 1. The molecule has 0 radical (unpaired) electrons. The Hall–Kier alpha value is -1.15. The molecule has 1 atom stereocenters. The summed E-state index contributed by atoms with van der Waals surface area (Å²) in [5.41, 5.74) is 2.43. The molecule has 2 rings (SSSR count). The molecule has 15 heavy (non-hydrogen) atoms. The molecule has 1 unspecified atom stereocenters. The predicted molar refractivity (Wildman–Crippen MR) is 61.0 cm³/mol. The summed E-state index contributed by atoms with van der Waals surface area (Å²) >= 11 is 0. The van der Waals surface area contributed by atoms with Gasteiger partial charge in [0.15, 0.2) is 5.78 Å². The SMILES string of the molecule is Cc1ccc(C2CCN(C)CC2=O)cc1. The summed E-state index contributed by atoms with van der Waals surface area (Å²) in [6.07, 6.45) is 0.957. The molecule has 0 aliphatic carbocycles. The number of hydrogen-bond donors (Lipinski definition) is 0. The van der Waals surface area contributed by atoms with Crippen LogP contribution in [0, 0.1) is 6.92 Å². The van der Waals surface area contributed by atoms with Gasteiger partial charge in [-0.3, -0.25) is 9.69 Å².